The number of aromatic amines is 1. The highest BCUT2D eigenvalue weighted by Gasteiger charge is 1.99. The Morgan fingerprint density at radius 3 is 3.07 bits per heavy atom. The summed E-state index contributed by atoms with van der Waals surface area (Å²) in [6, 6.07) is 6.16. The van der Waals surface area contributed by atoms with Gasteiger partial charge in [-0.3, -0.25) is 4.98 Å². The predicted octanol–water partition coefficient (Wildman–Crippen LogP) is 1.80. The van der Waals surface area contributed by atoms with Gasteiger partial charge in [0.1, 0.15) is 0 Å². The topological polar surface area (TPSA) is 40.7 Å². The Morgan fingerprint density at radius 2 is 2.36 bits per heavy atom. The normalized spacial score (nSPS) is 10.4. The van der Waals surface area contributed by atoms with E-state index in [1.165, 1.54) is 5.56 Å². The molecule has 0 spiro atoms. The lowest BCUT2D eigenvalue weighted by Crippen LogP contribution is -2.05. The Balaban J connectivity index is 2.31. The second-order valence-electron chi connectivity index (χ2n) is 3.20. The van der Waals surface area contributed by atoms with Crippen molar-refractivity contribution in [2.24, 2.45) is 0 Å². The Morgan fingerprint density at radius 1 is 1.43 bits per heavy atom. The molecule has 0 aliphatic heterocycles. The van der Waals surface area contributed by atoms with Crippen molar-refractivity contribution in [1.29, 1.82) is 0 Å². The van der Waals surface area contributed by atoms with Gasteiger partial charge in [-0.1, -0.05) is 0 Å². The van der Waals surface area contributed by atoms with Crippen LogP contribution in [0.5, 0.6) is 0 Å². The molecule has 2 N–H and O–H groups in total. The van der Waals surface area contributed by atoms with Crippen LogP contribution in [0.1, 0.15) is 5.56 Å². The summed E-state index contributed by atoms with van der Waals surface area (Å²) in [4.78, 5) is 7.36. The Hall–Kier alpha value is -1.61. The highest BCUT2D eigenvalue weighted by atomic mass is 14.8. The summed E-state index contributed by atoms with van der Waals surface area (Å²) in [5, 5.41) is 3.11. The third kappa shape index (κ3) is 1.83. The van der Waals surface area contributed by atoms with Crippen molar-refractivity contribution in [3.05, 3.63) is 42.4 Å². The summed E-state index contributed by atoms with van der Waals surface area (Å²) in [5.74, 6) is 0. The molecule has 0 saturated carbocycles. The van der Waals surface area contributed by atoms with Crippen LogP contribution in [0.3, 0.4) is 0 Å². The molecule has 2 aromatic heterocycles. The number of hydrogen-bond donors (Lipinski definition) is 2. The standard InChI is InChI=1S/C11H13N3/c1-12-6-9-5-10(8-13-7-9)11-3-2-4-14-11/h2-5,7-8,12,14H,6H2,1H3. The van der Waals surface area contributed by atoms with Crippen molar-refractivity contribution in [2.45, 2.75) is 6.54 Å². The fourth-order valence-electron chi connectivity index (χ4n) is 1.45. The van der Waals surface area contributed by atoms with Crippen molar-refractivity contribution in [3.8, 4) is 11.3 Å². The van der Waals surface area contributed by atoms with Crippen LogP contribution in [0.15, 0.2) is 36.8 Å². The average molecular weight is 187 g/mol. The van der Waals surface area contributed by atoms with Crippen LogP contribution in [0, 0.1) is 0 Å². The molecule has 0 aliphatic rings. The van der Waals surface area contributed by atoms with Crippen LogP contribution in [0.4, 0.5) is 0 Å². The lowest BCUT2D eigenvalue weighted by atomic mass is 10.1. The second-order valence-corrected chi connectivity index (χ2v) is 3.20. The molecule has 2 aromatic rings. The molecule has 0 amide bonds. The minimum absolute atomic E-state index is 0.849. The molecule has 0 fully saturated rings. The van der Waals surface area contributed by atoms with Gasteiger partial charge >= 0.3 is 0 Å². The van der Waals surface area contributed by atoms with E-state index in [1.807, 2.05) is 37.8 Å². The maximum absolute atomic E-state index is 4.20. The summed E-state index contributed by atoms with van der Waals surface area (Å²) >= 11 is 0. The summed E-state index contributed by atoms with van der Waals surface area (Å²) < 4.78 is 0. The predicted molar refractivity (Wildman–Crippen MR) is 56.8 cm³/mol. The first kappa shape index (κ1) is 8.97. The van der Waals surface area contributed by atoms with Gasteiger partial charge in [0.15, 0.2) is 0 Å². The quantitative estimate of drug-likeness (QED) is 0.769. The molecular weight excluding hydrogens is 174 g/mol. The molecule has 0 atom stereocenters. The van der Waals surface area contributed by atoms with Crippen molar-refractivity contribution in [2.75, 3.05) is 7.05 Å². The number of nitrogens with zero attached hydrogens (tertiary/aromatic N) is 1. The van der Waals surface area contributed by atoms with Gasteiger partial charge in [-0.15, -0.1) is 0 Å². The second kappa shape index (κ2) is 4.07. The van der Waals surface area contributed by atoms with Crippen molar-refractivity contribution >= 4 is 0 Å². The molecule has 3 heteroatoms. The van der Waals surface area contributed by atoms with E-state index in [1.54, 1.807) is 0 Å². The van der Waals surface area contributed by atoms with Gasteiger partial charge in [0.05, 0.1) is 0 Å². The monoisotopic (exact) mass is 187 g/mol. The van der Waals surface area contributed by atoms with Gasteiger partial charge in [-0.05, 0) is 30.8 Å². The number of aromatic nitrogens is 2. The minimum Gasteiger partial charge on any atom is -0.361 e. The van der Waals surface area contributed by atoms with E-state index in [4.69, 9.17) is 0 Å². The maximum Gasteiger partial charge on any atom is 0.0469 e. The summed E-state index contributed by atoms with van der Waals surface area (Å²) in [6.45, 7) is 0.849. The van der Waals surface area contributed by atoms with Gasteiger partial charge < -0.3 is 10.3 Å². The van der Waals surface area contributed by atoms with E-state index in [9.17, 15) is 0 Å². The molecule has 0 saturated heterocycles. The summed E-state index contributed by atoms with van der Waals surface area (Å²) in [6.07, 6.45) is 5.66. The Labute approximate surface area is 83.2 Å². The van der Waals surface area contributed by atoms with Crippen molar-refractivity contribution < 1.29 is 0 Å². The van der Waals surface area contributed by atoms with Crippen LogP contribution in [0.2, 0.25) is 0 Å². The molecular formula is C11H13N3. The van der Waals surface area contributed by atoms with Crippen LogP contribution < -0.4 is 5.32 Å². The number of H-pyrrole nitrogens is 1. The van der Waals surface area contributed by atoms with Crippen LogP contribution in [-0.4, -0.2) is 17.0 Å². The lowest BCUT2D eigenvalue weighted by Gasteiger charge is -2.02. The highest BCUT2D eigenvalue weighted by Crippen LogP contribution is 2.16. The number of nitrogens with one attached hydrogen (secondary N) is 2. The van der Waals surface area contributed by atoms with Crippen LogP contribution in [0.25, 0.3) is 11.3 Å². The zero-order chi connectivity index (χ0) is 9.80. The molecule has 0 aliphatic carbocycles. The van der Waals surface area contributed by atoms with Crippen LogP contribution in [-0.2, 0) is 6.54 Å². The first-order valence-corrected chi connectivity index (χ1v) is 4.62. The SMILES string of the molecule is CNCc1cncc(-c2ccc[nH]2)c1. The molecule has 2 heterocycles. The molecule has 0 aromatic carbocycles. The van der Waals surface area contributed by atoms with E-state index in [0.29, 0.717) is 0 Å². The summed E-state index contributed by atoms with van der Waals surface area (Å²) in [7, 11) is 1.93. The van der Waals surface area contributed by atoms with Crippen molar-refractivity contribution in [1.82, 2.24) is 15.3 Å². The van der Waals surface area contributed by atoms with Gasteiger partial charge in [0.25, 0.3) is 0 Å². The summed E-state index contributed by atoms with van der Waals surface area (Å²) in [5.41, 5.74) is 3.43. The number of rotatable bonds is 3. The minimum atomic E-state index is 0.849. The maximum atomic E-state index is 4.20. The zero-order valence-corrected chi connectivity index (χ0v) is 8.12. The fraction of sp³-hybridized carbons (Fsp3) is 0.182. The number of pyridine rings is 1. The van der Waals surface area contributed by atoms with E-state index in [2.05, 4.69) is 21.4 Å². The molecule has 14 heavy (non-hydrogen) atoms. The van der Waals surface area contributed by atoms with Crippen molar-refractivity contribution in [3.63, 3.8) is 0 Å². The molecule has 3 nitrogen and oxygen atoms in total. The average Bonchev–Trinajstić information content (AvgIpc) is 2.71. The molecule has 0 bridgehead atoms. The van der Waals surface area contributed by atoms with Gasteiger partial charge in [0, 0.05) is 36.4 Å². The van der Waals surface area contributed by atoms with Gasteiger partial charge in [-0.25, -0.2) is 0 Å². The largest absolute Gasteiger partial charge is 0.361 e. The lowest BCUT2D eigenvalue weighted by molar-refractivity contribution is 0.813. The molecule has 2 rings (SSSR count). The first-order chi connectivity index (χ1) is 6.90. The Bertz CT molecular complexity index is 393. The third-order valence-electron chi connectivity index (χ3n) is 2.08. The fourth-order valence-corrected chi connectivity index (χ4v) is 1.45. The van der Waals surface area contributed by atoms with E-state index < -0.39 is 0 Å². The van der Waals surface area contributed by atoms with E-state index in [0.717, 1.165) is 17.8 Å². The van der Waals surface area contributed by atoms with Crippen LogP contribution >= 0.6 is 0 Å². The molecule has 0 unspecified atom stereocenters. The first-order valence-electron chi connectivity index (χ1n) is 4.62. The molecule has 0 radical (unpaired) electrons. The number of hydrogen-bond acceptors (Lipinski definition) is 2. The Kier molecular flexibility index (Phi) is 2.60. The van der Waals surface area contributed by atoms with Gasteiger partial charge in [0.2, 0.25) is 0 Å². The van der Waals surface area contributed by atoms with E-state index >= 15 is 0 Å². The van der Waals surface area contributed by atoms with E-state index in [-0.39, 0.29) is 0 Å². The zero-order valence-electron chi connectivity index (χ0n) is 8.12. The smallest absolute Gasteiger partial charge is 0.0469 e. The molecule has 72 valence electrons. The highest BCUT2D eigenvalue weighted by molar-refractivity contribution is 5.58. The van der Waals surface area contributed by atoms with Gasteiger partial charge in [-0.2, -0.15) is 0 Å². The third-order valence-corrected chi connectivity index (χ3v) is 2.08.